The van der Waals surface area contributed by atoms with Crippen LogP contribution in [0.4, 0.5) is 15.8 Å². The Balaban J connectivity index is 1.79. The molecular weight excluding hydrogens is 351 g/mol. The molecule has 0 saturated carbocycles. The molecule has 3 rings (SSSR count). The number of primary amides is 1. The van der Waals surface area contributed by atoms with Crippen LogP contribution in [0.1, 0.15) is 23.7 Å². The van der Waals surface area contributed by atoms with E-state index in [1.807, 2.05) is 0 Å². The van der Waals surface area contributed by atoms with Gasteiger partial charge < -0.3 is 11.1 Å². The quantitative estimate of drug-likeness (QED) is 0.788. The molecule has 2 aromatic rings. The Morgan fingerprint density at radius 2 is 1.74 bits per heavy atom. The van der Waals surface area contributed by atoms with Gasteiger partial charge in [0.2, 0.25) is 5.91 Å². The first-order chi connectivity index (χ1) is 12.8. The molecule has 8 heteroatoms. The molecule has 0 bridgehead atoms. The van der Waals surface area contributed by atoms with Gasteiger partial charge >= 0.3 is 0 Å². The maximum atomic E-state index is 13.1. The predicted octanol–water partition coefficient (Wildman–Crippen LogP) is 2.09. The minimum Gasteiger partial charge on any atom is -0.368 e. The highest BCUT2D eigenvalue weighted by Crippen LogP contribution is 2.25. The second-order valence-corrected chi connectivity index (χ2v) is 6.08. The smallest absolute Gasteiger partial charge is 0.271 e. The Labute approximate surface area is 154 Å². The first-order valence-electron chi connectivity index (χ1n) is 8.19. The van der Waals surface area contributed by atoms with Gasteiger partial charge in [-0.2, -0.15) is 5.10 Å². The number of carbonyl (C=O) groups excluding carboxylic acids is 3. The van der Waals surface area contributed by atoms with Crippen molar-refractivity contribution in [3.05, 3.63) is 59.9 Å². The van der Waals surface area contributed by atoms with Crippen molar-refractivity contribution in [1.29, 1.82) is 0 Å². The number of amides is 2. The molecule has 0 saturated heterocycles. The van der Waals surface area contributed by atoms with Gasteiger partial charge in [-0.15, -0.1) is 0 Å². The lowest BCUT2D eigenvalue weighted by molar-refractivity contribution is -0.119. The minimum absolute atomic E-state index is 0.0318. The fourth-order valence-electron chi connectivity index (χ4n) is 2.69. The molecule has 1 unspecified atom stereocenters. The number of hydrogen-bond donors (Lipinski definition) is 2. The van der Waals surface area contributed by atoms with Crippen molar-refractivity contribution in [3.8, 4) is 0 Å². The standard InChI is InChI=1S/C19H17FN4O3/c1-11(25)12-2-6-14(7-3-12)22-19(27)16-10-17(18(21)26)24(23-16)15-8-4-13(20)5-9-15/h2-9,17H,10H2,1H3,(H2,21,26)(H,22,27). The Morgan fingerprint density at radius 3 is 2.30 bits per heavy atom. The normalized spacial score (nSPS) is 16.0. The molecule has 0 spiro atoms. The lowest BCUT2D eigenvalue weighted by Crippen LogP contribution is -2.39. The maximum absolute atomic E-state index is 13.1. The maximum Gasteiger partial charge on any atom is 0.271 e. The highest BCUT2D eigenvalue weighted by atomic mass is 19.1. The Bertz CT molecular complexity index is 923. The van der Waals surface area contributed by atoms with Crippen molar-refractivity contribution in [3.63, 3.8) is 0 Å². The van der Waals surface area contributed by atoms with Crippen molar-refractivity contribution in [1.82, 2.24) is 0 Å². The SMILES string of the molecule is CC(=O)c1ccc(NC(=O)C2=NN(c3ccc(F)cc3)C(C(N)=O)C2)cc1. The summed E-state index contributed by atoms with van der Waals surface area (Å²) in [6, 6.07) is 11.0. The topological polar surface area (TPSA) is 105 Å². The van der Waals surface area contributed by atoms with Crippen LogP contribution in [0.25, 0.3) is 0 Å². The predicted molar refractivity (Wildman–Crippen MR) is 99.0 cm³/mol. The van der Waals surface area contributed by atoms with E-state index in [0.29, 0.717) is 16.9 Å². The molecule has 7 nitrogen and oxygen atoms in total. The van der Waals surface area contributed by atoms with Crippen LogP contribution in [-0.4, -0.2) is 29.4 Å². The summed E-state index contributed by atoms with van der Waals surface area (Å²) in [5.74, 6) is -1.63. The molecule has 2 amide bonds. The van der Waals surface area contributed by atoms with Crippen molar-refractivity contribution < 1.29 is 18.8 Å². The van der Waals surface area contributed by atoms with Crippen LogP contribution in [0.2, 0.25) is 0 Å². The first-order valence-corrected chi connectivity index (χ1v) is 8.19. The largest absolute Gasteiger partial charge is 0.368 e. The van der Waals surface area contributed by atoms with Gasteiger partial charge in [0.1, 0.15) is 17.6 Å². The molecule has 0 fully saturated rings. The van der Waals surface area contributed by atoms with Crippen LogP contribution < -0.4 is 16.1 Å². The lowest BCUT2D eigenvalue weighted by atomic mass is 10.1. The molecule has 1 aliphatic rings. The second-order valence-electron chi connectivity index (χ2n) is 6.08. The van der Waals surface area contributed by atoms with E-state index in [-0.39, 0.29) is 17.9 Å². The summed E-state index contributed by atoms with van der Waals surface area (Å²) < 4.78 is 13.1. The summed E-state index contributed by atoms with van der Waals surface area (Å²) in [5, 5.41) is 8.18. The number of nitrogens with two attached hydrogens (primary N) is 1. The van der Waals surface area contributed by atoms with Crippen molar-refractivity contribution in [2.75, 3.05) is 10.3 Å². The van der Waals surface area contributed by atoms with Crippen molar-refractivity contribution in [2.45, 2.75) is 19.4 Å². The van der Waals surface area contributed by atoms with Crippen LogP contribution in [-0.2, 0) is 9.59 Å². The molecule has 27 heavy (non-hydrogen) atoms. The number of rotatable bonds is 5. The summed E-state index contributed by atoms with van der Waals surface area (Å²) in [6.45, 7) is 1.45. The second kappa shape index (κ2) is 7.36. The molecule has 0 radical (unpaired) electrons. The van der Waals surface area contributed by atoms with E-state index in [9.17, 15) is 18.8 Å². The van der Waals surface area contributed by atoms with E-state index >= 15 is 0 Å². The molecule has 1 heterocycles. The van der Waals surface area contributed by atoms with E-state index < -0.39 is 23.7 Å². The van der Waals surface area contributed by atoms with Gasteiger partial charge in [0, 0.05) is 17.7 Å². The minimum atomic E-state index is -0.837. The summed E-state index contributed by atoms with van der Waals surface area (Å²) in [7, 11) is 0. The van der Waals surface area contributed by atoms with Gasteiger partial charge in [0.05, 0.1) is 5.69 Å². The van der Waals surface area contributed by atoms with Gasteiger partial charge in [-0.25, -0.2) is 4.39 Å². The highest BCUT2D eigenvalue weighted by Gasteiger charge is 2.35. The third-order valence-electron chi connectivity index (χ3n) is 4.14. The Hall–Kier alpha value is -3.55. The number of nitrogens with one attached hydrogen (secondary N) is 1. The van der Waals surface area contributed by atoms with E-state index in [4.69, 9.17) is 5.73 Å². The number of nitrogens with zero attached hydrogens (tertiary/aromatic N) is 2. The molecule has 138 valence electrons. The van der Waals surface area contributed by atoms with Gasteiger partial charge in [0.25, 0.3) is 5.91 Å². The molecule has 0 aliphatic carbocycles. The van der Waals surface area contributed by atoms with E-state index in [1.165, 1.54) is 36.2 Å². The van der Waals surface area contributed by atoms with Crippen LogP contribution in [0.15, 0.2) is 53.6 Å². The average Bonchev–Trinajstić information content (AvgIpc) is 3.08. The van der Waals surface area contributed by atoms with E-state index in [1.54, 1.807) is 24.3 Å². The lowest BCUT2D eigenvalue weighted by Gasteiger charge is -2.20. The van der Waals surface area contributed by atoms with Crippen LogP contribution in [0.5, 0.6) is 0 Å². The molecule has 3 N–H and O–H groups in total. The molecule has 2 aromatic carbocycles. The van der Waals surface area contributed by atoms with Gasteiger partial charge in [-0.3, -0.25) is 19.4 Å². The van der Waals surface area contributed by atoms with Crippen molar-refractivity contribution in [2.24, 2.45) is 10.8 Å². The number of hydrazone groups is 1. The van der Waals surface area contributed by atoms with Gasteiger partial charge in [-0.1, -0.05) is 0 Å². The van der Waals surface area contributed by atoms with Crippen molar-refractivity contribution >= 4 is 34.7 Å². The molecule has 0 aromatic heterocycles. The number of anilines is 2. The third-order valence-corrected chi connectivity index (χ3v) is 4.14. The number of carbonyl (C=O) groups is 3. The average molecular weight is 368 g/mol. The number of Topliss-reactive ketones (excluding diaryl/α,β-unsaturated/α-hetero) is 1. The molecular formula is C19H17FN4O3. The first kappa shape index (κ1) is 18.2. The molecule has 1 atom stereocenters. The highest BCUT2D eigenvalue weighted by molar-refractivity contribution is 6.44. The van der Waals surface area contributed by atoms with E-state index in [2.05, 4.69) is 10.4 Å². The van der Waals surface area contributed by atoms with E-state index in [0.717, 1.165) is 0 Å². The Morgan fingerprint density at radius 1 is 1.11 bits per heavy atom. The zero-order chi connectivity index (χ0) is 19.6. The Kier molecular flexibility index (Phi) is 4.98. The summed E-state index contributed by atoms with van der Waals surface area (Å²) in [5.41, 5.74) is 7.02. The van der Waals surface area contributed by atoms with Crippen LogP contribution >= 0.6 is 0 Å². The summed E-state index contributed by atoms with van der Waals surface area (Å²) in [4.78, 5) is 35.5. The van der Waals surface area contributed by atoms with Crippen LogP contribution in [0.3, 0.4) is 0 Å². The third kappa shape index (κ3) is 4.00. The van der Waals surface area contributed by atoms with Gasteiger partial charge in [-0.05, 0) is 55.5 Å². The number of benzene rings is 2. The zero-order valence-corrected chi connectivity index (χ0v) is 14.5. The molecule has 1 aliphatic heterocycles. The number of halogens is 1. The number of ketones is 1. The van der Waals surface area contributed by atoms with Gasteiger partial charge in [0.15, 0.2) is 5.78 Å². The zero-order valence-electron chi connectivity index (χ0n) is 14.5. The fraction of sp³-hybridized carbons (Fsp3) is 0.158. The monoisotopic (exact) mass is 368 g/mol. The fourth-order valence-corrected chi connectivity index (χ4v) is 2.69. The summed E-state index contributed by atoms with van der Waals surface area (Å²) >= 11 is 0. The number of hydrogen-bond acceptors (Lipinski definition) is 5. The van der Waals surface area contributed by atoms with Crippen LogP contribution in [0, 0.1) is 5.82 Å². The summed E-state index contributed by atoms with van der Waals surface area (Å²) in [6.07, 6.45) is 0.0318.